The molecule has 2 rings (SSSR count). The molecule has 2 aromatic carbocycles. The fourth-order valence-corrected chi connectivity index (χ4v) is 3.12. The van der Waals surface area contributed by atoms with E-state index in [1.807, 2.05) is 18.2 Å². The normalized spacial score (nSPS) is 11.0. The number of halogens is 2. The molecule has 2 aromatic rings. The molecule has 0 atom stereocenters. The highest BCUT2D eigenvalue weighted by atomic mass is 79.9. The maximum Gasteiger partial charge on any atom is 0.277 e. The summed E-state index contributed by atoms with van der Waals surface area (Å²) in [5, 5.41) is 13.7. The molecule has 0 aliphatic rings. The molecule has 144 valence electrons. The molecule has 2 N–H and O–H groups in total. The molecular weight excluding hydrogens is 480 g/mol. The highest BCUT2D eigenvalue weighted by Crippen LogP contribution is 2.34. The molecular formula is C19H20Br2N2O4. The van der Waals surface area contributed by atoms with Crippen LogP contribution in [0.2, 0.25) is 0 Å². The standard InChI is InChI=1S/C19H20Br2N2O4/c1-11(2)14-8-13(20)4-5-16(14)27-10-18(24)23-22-9-12-6-15(21)19(25)17(7-12)26-3/h4-9,11,25H,10H2,1-3H3,(H,23,24)/b22-9+. The zero-order chi connectivity index (χ0) is 20.0. The number of carbonyl (C=O) groups is 1. The first-order valence-corrected chi connectivity index (χ1v) is 9.71. The van der Waals surface area contributed by atoms with E-state index in [4.69, 9.17) is 9.47 Å². The predicted molar refractivity (Wildman–Crippen MR) is 112 cm³/mol. The fourth-order valence-electron chi connectivity index (χ4n) is 2.28. The van der Waals surface area contributed by atoms with Gasteiger partial charge in [0, 0.05) is 4.47 Å². The highest BCUT2D eigenvalue weighted by Gasteiger charge is 2.11. The van der Waals surface area contributed by atoms with Crippen molar-refractivity contribution in [2.24, 2.45) is 5.10 Å². The van der Waals surface area contributed by atoms with Crippen LogP contribution in [0.3, 0.4) is 0 Å². The van der Waals surface area contributed by atoms with Crippen molar-refractivity contribution in [2.75, 3.05) is 13.7 Å². The number of ether oxygens (including phenoxy) is 2. The van der Waals surface area contributed by atoms with Crippen molar-refractivity contribution in [3.05, 3.63) is 50.4 Å². The first-order chi connectivity index (χ1) is 12.8. The number of phenolic OH excluding ortho intramolecular Hbond substituents is 1. The Bertz CT molecular complexity index is 854. The summed E-state index contributed by atoms with van der Waals surface area (Å²) in [4.78, 5) is 12.0. The van der Waals surface area contributed by atoms with Crippen LogP contribution >= 0.6 is 31.9 Å². The van der Waals surface area contributed by atoms with Gasteiger partial charge in [-0.3, -0.25) is 4.79 Å². The molecule has 8 heteroatoms. The summed E-state index contributed by atoms with van der Waals surface area (Å²) in [5.74, 6) is 0.856. The number of aromatic hydroxyl groups is 1. The average Bonchev–Trinajstić information content (AvgIpc) is 2.63. The lowest BCUT2D eigenvalue weighted by molar-refractivity contribution is -0.123. The van der Waals surface area contributed by atoms with Crippen LogP contribution in [0.15, 0.2) is 44.4 Å². The largest absolute Gasteiger partial charge is 0.503 e. The van der Waals surface area contributed by atoms with Crippen LogP contribution in [0.25, 0.3) is 0 Å². The van der Waals surface area contributed by atoms with E-state index < -0.39 is 0 Å². The van der Waals surface area contributed by atoms with E-state index in [1.165, 1.54) is 13.3 Å². The minimum atomic E-state index is -0.381. The fraction of sp³-hybridized carbons (Fsp3) is 0.263. The summed E-state index contributed by atoms with van der Waals surface area (Å²) in [6, 6.07) is 8.93. The number of phenols is 1. The van der Waals surface area contributed by atoms with Crippen LogP contribution in [0.4, 0.5) is 0 Å². The summed E-state index contributed by atoms with van der Waals surface area (Å²) < 4.78 is 12.1. The third-order valence-electron chi connectivity index (χ3n) is 3.63. The summed E-state index contributed by atoms with van der Waals surface area (Å²) in [6.07, 6.45) is 1.45. The zero-order valence-corrected chi connectivity index (χ0v) is 18.3. The Morgan fingerprint density at radius 1 is 1.26 bits per heavy atom. The van der Waals surface area contributed by atoms with Crippen molar-refractivity contribution >= 4 is 44.0 Å². The van der Waals surface area contributed by atoms with Gasteiger partial charge >= 0.3 is 0 Å². The van der Waals surface area contributed by atoms with Gasteiger partial charge in [0.2, 0.25) is 0 Å². The lowest BCUT2D eigenvalue weighted by Gasteiger charge is -2.13. The van der Waals surface area contributed by atoms with Crippen molar-refractivity contribution < 1.29 is 19.4 Å². The summed E-state index contributed by atoms with van der Waals surface area (Å²) in [7, 11) is 1.45. The van der Waals surface area contributed by atoms with Crippen molar-refractivity contribution in [1.29, 1.82) is 0 Å². The van der Waals surface area contributed by atoms with E-state index in [0.717, 1.165) is 10.0 Å². The number of hydrogen-bond acceptors (Lipinski definition) is 5. The molecule has 0 aliphatic heterocycles. The van der Waals surface area contributed by atoms with Gasteiger partial charge in [-0.1, -0.05) is 29.8 Å². The molecule has 0 aliphatic carbocycles. The van der Waals surface area contributed by atoms with Crippen LogP contribution < -0.4 is 14.9 Å². The number of benzene rings is 2. The Kier molecular flexibility index (Phi) is 7.67. The number of nitrogens with one attached hydrogen (secondary N) is 1. The molecule has 0 aromatic heterocycles. The first kappa shape index (κ1) is 21.2. The Morgan fingerprint density at radius 2 is 2.00 bits per heavy atom. The monoisotopic (exact) mass is 498 g/mol. The van der Waals surface area contributed by atoms with Crippen LogP contribution in [0, 0.1) is 0 Å². The molecule has 6 nitrogen and oxygen atoms in total. The van der Waals surface area contributed by atoms with Crippen molar-refractivity contribution in [3.63, 3.8) is 0 Å². The van der Waals surface area contributed by atoms with Gasteiger partial charge in [-0.25, -0.2) is 5.43 Å². The molecule has 0 spiro atoms. The van der Waals surface area contributed by atoms with E-state index >= 15 is 0 Å². The van der Waals surface area contributed by atoms with Crippen molar-refractivity contribution in [3.8, 4) is 17.2 Å². The smallest absolute Gasteiger partial charge is 0.277 e. The van der Waals surface area contributed by atoms with Gasteiger partial charge < -0.3 is 14.6 Å². The third kappa shape index (κ3) is 5.97. The molecule has 1 amide bonds. The first-order valence-electron chi connectivity index (χ1n) is 8.12. The predicted octanol–water partition coefficient (Wildman–Crippen LogP) is 4.58. The number of nitrogens with zero attached hydrogens (tertiary/aromatic N) is 1. The van der Waals surface area contributed by atoms with Gasteiger partial charge in [0.25, 0.3) is 5.91 Å². The highest BCUT2D eigenvalue weighted by molar-refractivity contribution is 9.10. The maximum atomic E-state index is 12.0. The van der Waals surface area contributed by atoms with Crippen molar-refractivity contribution in [2.45, 2.75) is 19.8 Å². The second-order valence-electron chi connectivity index (χ2n) is 5.97. The number of hydrogen-bond donors (Lipinski definition) is 2. The Balaban J connectivity index is 1.96. The van der Waals surface area contributed by atoms with Gasteiger partial charge in [0.05, 0.1) is 17.8 Å². The Hall–Kier alpha value is -2.06. The Labute approximate surface area is 174 Å². The topological polar surface area (TPSA) is 80.2 Å². The van der Waals surface area contributed by atoms with E-state index in [0.29, 0.717) is 21.5 Å². The number of carbonyl (C=O) groups excluding carboxylic acids is 1. The van der Waals surface area contributed by atoms with Crippen LogP contribution in [-0.2, 0) is 4.79 Å². The number of methoxy groups -OCH3 is 1. The average molecular weight is 500 g/mol. The van der Waals surface area contributed by atoms with Gasteiger partial charge in [-0.2, -0.15) is 5.10 Å². The zero-order valence-electron chi connectivity index (χ0n) is 15.1. The lowest BCUT2D eigenvalue weighted by Crippen LogP contribution is -2.24. The minimum Gasteiger partial charge on any atom is -0.503 e. The molecule has 0 fully saturated rings. The molecule has 0 unspecified atom stereocenters. The minimum absolute atomic E-state index is 0.00235. The van der Waals surface area contributed by atoms with Gasteiger partial charge in [-0.05, 0) is 63.3 Å². The summed E-state index contributed by atoms with van der Waals surface area (Å²) in [6.45, 7) is 3.97. The van der Waals surface area contributed by atoms with Crippen molar-refractivity contribution in [1.82, 2.24) is 5.43 Å². The summed E-state index contributed by atoms with van der Waals surface area (Å²) in [5.41, 5.74) is 4.07. The second kappa shape index (κ2) is 9.75. The molecule has 0 heterocycles. The van der Waals surface area contributed by atoms with Crippen LogP contribution in [0.5, 0.6) is 17.2 Å². The molecule has 27 heavy (non-hydrogen) atoms. The van der Waals surface area contributed by atoms with E-state index in [2.05, 4.69) is 56.2 Å². The maximum absolute atomic E-state index is 12.0. The van der Waals surface area contributed by atoms with E-state index in [1.54, 1.807) is 12.1 Å². The van der Waals surface area contributed by atoms with Gasteiger partial charge in [0.15, 0.2) is 18.1 Å². The molecule has 0 radical (unpaired) electrons. The van der Waals surface area contributed by atoms with Gasteiger partial charge in [0.1, 0.15) is 5.75 Å². The molecule has 0 bridgehead atoms. The Morgan fingerprint density at radius 3 is 2.67 bits per heavy atom. The molecule has 0 saturated heterocycles. The SMILES string of the molecule is COc1cc(/C=N/NC(=O)COc2ccc(Br)cc2C(C)C)cc(Br)c1O. The van der Waals surface area contributed by atoms with E-state index in [-0.39, 0.29) is 24.2 Å². The number of hydrazone groups is 1. The van der Waals surface area contributed by atoms with Crippen LogP contribution in [-0.4, -0.2) is 30.9 Å². The third-order valence-corrected chi connectivity index (χ3v) is 4.72. The van der Waals surface area contributed by atoms with E-state index in [9.17, 15) is 9.90 Å². The number of amides is 1. The number of rotatable bonds is 7. The van der Waals surface area contributed by atoms with Gasteiger partial charge in [-0.15, -0.1) is 0 Å². The summed E-state index contributed by atoms with van der Waals surface area (Å²) >= 11 is 6.67. The molecule has 0 saturated carbocycles. The lowest BCUT2D eigenvalue weighted by atomic mass is 10.0. The quantitative estimate of drug-likeness (QED) is 0.431. The van der Waals surface area contributed by atoms with Crippen LogP contribution in [0.1, 0.15) is 30.9 Å². The second-order valence-corrected chi connectivity index (χ2v) is 7.74.